The van der Waals surface area contributed by atoms with Crippen molar-refractivity contribution in [2.45, 2.75) is 25.8 Å². The van der Waals surface area contributed by atoms with Crippen molar-refractivity contribution >= 4 is 33.4 Å². The minimum absolute atomic E-state index is 0.0534. The van der Waals surface area contributed by atoms with Gasteiger partial charge in [0.15, 0.2) is 0 Å². The van der Waals surface area contributed by atoms with Gasteiger partial charge in [-0.15, -0.1) is 0 Å². The fraction of sp³-hybridized carbons (Fsp3) is 0.429. The van der Waals surface area contributed by atoms with Gasteiger partial charge in [0, 0.05) is 5.69 Å². The highest BCUT2D eigenvalue weighted by molar-refractivity contribution is 9.10. The summed E-state index contributed by atoms with van der Waals surface area (Å²) in [5.41, 5.74) is 0.693. The minimum atomic E-state index is -0.429. The second kappa shape index (κ2) is 6.26. The molecule has 1 heterocycles. The number of methoxy groups -OCH3 is 1. The monoisotopic (exact) mass is 340 g/mol. The number of piperazine rings is 1. The lowest BCUT2D eigenvalue weighted by Gasteiger charge is -2.32. The van der Waals surface area contributed by atoms with Crippen LogP contribution in [0.2, 0.25) is 0 Å². The summed E-state index contributed by atoms with van der Waals surface area (Å²) in [4.78, 5) is 25.7. The Labute approximate surface area is 126 Å². The van der Waals surface area contributed by atoms with E-state index in [1.54, 1.807) is 25.3 Å². The predicted octanol–water partition coefficient (Wildman–Crippen LogP) is 2.09. The van der Waals surface area contributed by atoms with E-state index >= 15 is 0 Å². The molecule has 1 N–H and O–H groups in total. The quantitative estimate of drug-likeness (QED) is 0.912. The van der Waals surface area contributed by atoms with Crippen molar-refractivity contribution in [1.82, 2.24) is 5.32 Å². The molecule has 0 saturated carbocycles. The van der Waals surface area contributed by atoms with Crippen LogP contribution in [0, 0.1) is 0 Å². The van der Waals surface area contributed by atoms with E-state index in [9.17, 15) is 9.59 Å². The molecule has 2 rings (SSSR count). The maximum absolute atomic E-state index is 12.4. The smallest absolute Gasteiger partial charge is 0.250 e. The van der Waals surface area contributed by atoms with E-state index in [4.69, 9.17) is 4.74 Å². The Balaban J connectivity index is 2.28. The third kappa shape index (κ3) is 2.95. The van der Waals surface area contributed by atoms with Crippen molar-refractivity contribution in [3.05, 3.63) is 22.7 Å². The number of nitrogens with one attached hydrogen (secondary N) is 1. The molecular weight excluding hydrogens is 324 g/mol. The molecule has 1 aliphatic rings. The van der Waals surface area contributed by atoms with Gasteiger partial charge in [-0.2, -0.15) is 0 Å². The minimum Gasteiger partial charge on any atom is -0.496 e. The molecule has 1 atom stereocenters. The fourth-order valence-electron chi connectivity index (χ4n) is 2.24. The number of halogens is 1. The van der Waals surface area contributed by atoms with E-state index in [2.05, 4.69) is 21.2 Å². The number of rotatable bonds is 4. The lowest BCUT2D eigenvalue weighted by atomic mass is 10.1. The second-order valence-electron chi connectivity index (χ2n) is 4.65. The van der Waals surface area contributed by atoms with Crippen LogP contribution in [0.25, 0.3) is 0 Å². The number of amides is 2. The van der Waals surface area contributed by atoms with Crippen LogP contribution in [0.5, 0.6) is 5.75 Å². The highest BCUT2D eigenvalue weighted by Gasteiger charge is 2.32. The van der Waals surface area contributed by atoms with E-state index in [1.165, 1.54) is 4.90 Å². The van der Waals surface area contributed by atoms with Crippen molar-refractivity contribution in [3.8, 4) is 5.75 Å². The Kier molecular flexibility index (Phi) is 4.65. The summed E-state index contributed by atoms with van der Waals surface area (Å²) in [5.74, 6) is 0.492. The van der Waals surface area contributed by atoms with Gasteiger partial charge in [0.1, 0.15) is 18.3 Å². The van der Waals surface area contributed by atoms with Crippen molar-refractivity contribution in [3.63, 3.8) is 0 Å². The third-order valence-electron chi connectivity index (χ3n) is 3.23. The number of hydrogen-bond acceptors (Lipinski definition) is 3. The Bertz CT molecular complexity index is 533. The van der Waals surface area contributed by atoms with Crippen molar-refractivity contribution in [2.24, 2.45) is 0 Å². The molecule has 20 heavy (non-hydrogen) atoms. The lowest BCUT2D eigenvalue weighted by molar-refractivity contribution is -0.131. The maximum Gasteiger partial charge on any atom is 0.250 e. The predicted molar refractivity (Wildman–Crippen MR) is 79.9 cm³/mol. The van der Waals surface area contributed by atoms with E-state index in [0.717, 1.165) is 10.9 Å². The van der Waals surface area contributed by atoms with E-state index in [0.29, 0.717) is 17.9 Å². The van der Waals surface area contributed by atoms with E-state index in [-0.39, 0.29) is 18.4 Å². The van der Waals surface area contributed by atoms with Gasteiger partial charge in [-0.25, -0.2) is 0 Å². The number of hydrogen-bond donors (Lipinski definition) is 1. The lowest BCUT2D eigenvalue weighted by Crippen LogP contribution is -2.58. The molecule has 0 bridgehead atoms. The Hall–Kier alpha value is -1.56. The third-order valence-corrected chi connectivity index (χ3v) is 3.85. The SMILES string of the molecule is CCCC1NC(=O)CN(c2ccc(OC)c(Br)c2)C1=O. The number of nitrogens with zero attached hydrogens (tertiary/aromatic N) is 1. The summed E-state index contributed by atoms with van der Waals surface area (Å²) >= 11 is 3.39. The average molecular weight is 341 g/mol. The molecule has 6 heteroatoms. The zero-order valence-corrected chi connectivity index (χ0v) is 13.1. The van der Waals surface area contributed by atoms with Crippen LogP contribution in [-0.4, -0.2) is 31.5 Å². The Morgan fingerprint density at radius 3 is 2.80 bits per heavy atom. The average Bonchev–Trinajstić information content (AvgIpc) is 2.42. The number of carbonyl (C=O) groups excluding carboxylic acids is 2. The first-order chi connectivity index (χ1) is 9.56. The van der Waals surface area contributed by atoms with Gasteiger partial charge in [-0.1, -0.05) is 13.3 Å². The zero-order valence-electron chi connectivity index (χ0n) is 11.5. The van der Waals surface area contributed by atoms with Crippen LogP contribution in [-0.2, 0) is 9.59 Å². The maximum atomic E-state index is 12.4. The highest BCUT2D eigenvalue weighted by atomic mass is 79.9. The van der Waals surface area contributed by atoms with E-state index < -0.39 is 6.04 Å². The highest BCUT2D eigenvalue weighted by Crippen LogP contribution is 2.30. The first-order valence-electron chi connectivity index (χ1n) is 6.51. The Morgan fingerprint density at radius 1 is 1.45 bits per heavy atom. The molecule has 1 aromatic rings. The van der Waals surface area contributed by atoms with Gasteiger partial charge >= 0.3 is 0 Å². The molecule has 5 nitrogen and oxygen atoms in total. The second-order valence-corrected chi connectivity index (χ2v) is 5.51. The normalized spacial score (nSPS) is 18.9. The molecule has 0 spiro atoms. The molecule has 0 aliphatic carbocycles. The van der Waals surface area contributed by atoms with Crippen LogP contribution in [0.4, 0.5) is 5.69 Å². The van der Waals surface area contributed by atoms with Crippen LogP contribution >= 0.6 is 15.9 Å². The molecular formula is C14H17BrN2O3. The largest absolute Gasteiger partial charge is 0.496 e. The summed E-state index contributed by atoms with van der Waals surface area (Å²) in [7, 11) is 1.58. The molecule has 1 fully saturated rings. The molecule has 0 aromatic heterocycles. The van der Waals surface area contributed by atoms with Crippen LogP contribution in [0.1, 0.15) is 19.8 Å². The van der Waals surface area contributed by atoms with Crippen molar-refractivity contribution in [2.75, 3.05) is 18.6 Å². The van der Waals surface area contributed by atoms with E-state index in [1.807, 2.05) is 6.92 Å². The summed E-state index contributed by atoms with van der Waals surface area (Å²) in [6.45, 7) is 2.04. The molecule has 1 saturated heterocycles. The zero-order chi connectivity index (χ0) is 14.7. The summed E-state index contributed by atoms with van der Waals surface area (Å²) in [5, 5.41) is 2.74. The summed E-state index contributed by atoms with van der Waals surface area (Å²) in [6.07, 6.45) is 1.50. The summed E-state index contributed by atoms with van der Waals surface area (Å²) < 4.78 is 5.92. The first-order valence-corrected chi connectivity index (χ1v) is 7.30. The molecule has 1 aromatic carbocycles. The topological polar surface area (TPSA) is 58.6 Å². The first kappa shape index (κ1) is 14.8. The number of carbonyl (C=O) groups is 2. The van der Waals surface area contributed by atoms with Crippen LogP contribution in [0.3, 0.4) is 0 Å². The molecule has 2 amide bonds. The van der Waals surface area contributed by atoms with Gasteiger partial charge in [-0.05, 0) is 40.5 Å². The van der Waals surface area contributed by atoms with Crippen LogP contribution in [0.15, 0.2) is 22.7 Å². The standard InChI is InChI=1S/C14H17BrN2O3/c1-3-4-11-14(19)17(8-13(18)16-11)9-5-6-12(20-2)10(15)7-9/h5-7,11H,3-4,8H2,1-2H3,(H,16,18). The number of benzene rings is 1. The van der Waals surface area contributed by atoms with Crippen LogP contribution < -0.4 is 15.0 Å². The molecule has 108 valence electrons. The van der Waals surface area contributed by atoms with Gasteiger partial charge in [0.05, 0.1) is 11.6 Å². The Morgan fingerprint density at radius 2 is 2.20 bits per heavy atom. The van der Waals surface area contributed by atoms with Gasteiger partial charge in [0.25, 0.3) is 0 Å². The van der Waals surface area contributed by atoms with Gasteiger partial charge < -0.3 is 15.0 Å². The molecule has 1 unspecified atom stereocenters. The van der Waals surface area contributed by atoms with Gasteiger partial charge in [0.2, 0.25) is 11.8 Å². The van der Waals surface area contributed by atoms with Crippen molar-refractivity contribution in [1.29, 1.82) is 0 Å². The van der Waals surface area contributed by atoms with Gasteiger partial charge in [-0.3, -0.25) is 9.59 Å². The number of ether oxygens (including phenoxy) is 1. The number of anilines is 1. The molecule has 1 aliphatic heterocycles. The van der Waals surface area contributed by atoms with Crippen molar-refractivity contribution < 1.29 is 14.3 Å². The fourth-order valence-corrected chi connectivity index (χ4v) is 2.77. The molecule has 0 radical (unpaired) electrons. The summed E-state index contributed by atoms with van der Waals surface area (Å²) in [6, 6.07) is 4.91.